The Hall–Kier alpha value is -2.15. The molecule has 2 unspecified atom stereocenters. The van der Waals surface area contributed by atoms with Gasteiger partial charge in [-0.3, -0.25) is 9.69 Å². The summed E-state index contributed by atoms with van der Waals surface area (Å²) in [4.78, 5) is 15.0. The first-order valence-corrected chi connectivity index (χ1v) is 9.78. The van der Waals surface area contributed by atoms with Crippen molar-refractivity contribution in [2.75, 3.05) is 32.8 Å². The van der Waals surface area contributed by atoms with Gasteiger partial charge in [-0.05, 0) is 41.5 Å². The van der Waals surface area contributed by atoms with Gasteiger partial charge in [0.25, 0.3) is 5.91 Å². The number of fused-ring (bicyclic) bond motifs is 1. The molecule has 0 aliphatic carbocycles. The molecule has 1 amide bonds. The summed E-state index contributed by atoms with van der Waals surface area (Å²) in [6.45, 7) is 3.24. The van der Waals surface area contributed by atoms with E-state index in [9.17, 15) is 9.18 Å². The number of halogens is 2. The van der Waals surface area contributed by atoms with Gasteiger partial charge >= 0.3 is 0 Å². The lowest BCUT2D eigenvalue weighted by atomic mass is 10.0. The fourth-order valence-electron chi connectivity index (χ4n) is 3.71. The average molecular weight is 405 g/mol. The Morgan fingerprint density at radius 3 is 2.71 bits per heavy atom. The molecule has 2 heterocycles. The van der Waals surface area contributed by atoms with Crippen LogP contribution in [0.15, 0.2) is 42.5 Å². The fraction of sp³-hybridized carbons (Fsp3) is 0.381. The summed E-state index contributed by atoms with van der Waals surface area (Å²) in [6.07, 6.45) is -0.0624. The molecule has 1 N–H and O–H groups in total. The fourth-order valence-corrected chi connectivity index (χ4v) is 3.90. The SMILES string of the molecule is O=C(NCC(c1ccc(F)cc1)N1CCOCC1)C1Cc2cc(Cl)ccc2O1. The first kappa shape index (κ1) is 19.2. The van der Waals surface area contributed by atoms with Crippen LogP contribution in [-0.2, 0) is 16.0 Å². The maximum Gasteiger partial charge on any atom is 0.261 e. The van der Waals surface area contributed by atoms with E-state index in [-0.39, 0.29) is 17.8 Å². The van der Waals surface area contributed by atoms with Crippen molar-refractivity contribution >= 4 is 17.5 Å². The van der Waals surface area contributed by atoms with Crippen LogP contribution in [0.4, 0.5) is 4.39 Å². The average Bonchev–Trinajstić information content (AvgIpc) is 3.13. The van der Waals surface area contributed by atoms with Crippen molar-refractivity contribution in [1.29, 1.82) is 0 Å². The largest absolute Gasteiger partial charge is 0.480 e. The Balaban J connectivity index is 1.42. The zero-order chi connectivity index (χ0) is 19.5. The molecule has 0 saturated carbocycles. The summed E-state index contributed by atoms with van der Waals surface area (Å²) < 4.78 is 24.5. The molecule has 4 rings (SSSR count). The highest BCUT2D eigenvalue weighted by molar-refractivity contribution is 6.30. The van der Waals surface area contributed by atoms with Gasteiger partial charge in [-0.25, -0.2) is 4.39 Å². The molecule has 2 atom stereocenters. The molecular weight excluding hydrogens is 383 g/mol. The van der Waals surface area contributed by atoms with Gasteiger partial charge in [0, 0.05) is 31.1 Å². The molecule has 2 aliphatic heterocycles. The van der Waals surface area contributed by atoms with Crippen molar-refractivity contribution in [2.45, 2.75) is 18.6 Å². The summed E-state index contributed by atoms with van der Waals surface area (Å²) >= 11 is 6.02. The number of hydrogen-bond acceptors (Lipinski definition) is 4. The highest BCUT2D eigenvalue weighted by Gasteiger charge is 2.30. The molecule has 2 aliphatic rings. The van der Waals surface area contributed by atoms with Crippen LogP contribution >= 0.6 is 11.6 Å². The third-order valence-electron chi connectivity index (χ3n) is 5.20. The zero-order valence-electron chi connectivity index (χ0n) is 15.4. The molecule has 1 fully saturated rings. The molecule has 0 bridgehead atoms. The van der Waals surface area contributed by atoms with Crippen LogP contribution in [0.3, 0.4) is 0 Å². The number of hydrogen-bond donors (Lipinski definition) is 1. The van der Waals surface area contributed by atoms with Crippen LogP contribution in [0, 0.1) is 5.82 Å². The van der Waals surface area contributed by atoms with E-state index < -0.39 is 6.10 Å². The smallest absolute Gasteiger partial charge is 0.261 e. The van der Waals surface area contributed by atoms with Gasteiger partial charge in [-0.1, -0.05) is 23.7 Å². The predicted molar refractivity (Wildman–Crippen MR) is 104 cm³/mol. The molecular formula is C21H22ClFN2O3. The van der Waals surface area contributed by atoms with Gasteiger partial charge in [-0.2, -0.15) is 0 Å². The van der Waals surface area contributed by atoms with Crippen LogP contribution in [0.25, 0.3) is 0 Å². The number of carbonyl (C=O) groups excluding carboxylic acids is 1. The summed E-state index contributed by atoms with van der Waals surface area (Å²) in [5.41, 5.74) is 1.90. The van der Waals surface area contributed by atoms with Crippen molar-refractivity contribution in [3.63, 3.8) is 0 Å². The lowest BCUT2D eigenvalue weighted by Gasteiger charge is -2.35. The summed E-state index contributed by atoms with van der Waals surface area (Å²) in [7, 11) is 0. The third-order valence-corrected chi connectivity index (χ3v) is 5.44. The van der Waals surface area contributed by atoms with E-state index in [1.165, 1.54) is 12.1 Å². The number of amides is 1. The van der Waals surface area contributed by atoms with Gasteiger partial charge in [0.05, 0.1) is 19.3 Å². The number of rotatable bonds is 5. The van der Waals surface area contributed by atoms with E-state index >= 15 is 0 Å². The number of nitrogens with zero attached hydrogens (tertiary/aromatic N) is 1. The Bertz CT molecular complexity index is 840. The van der Waals surface area contributed by atoms with Gasteiger partial charge in [-0.15, -0.1) is 0 Å². The Morgan fingerprint density at radius 2 is 1.96 bits per heavy atom. The minimum Gasteiger partial charge on any atom is -0.480 e. The van der Waals surface area contributed by atoms with Gasteiger partial charge < -0.3 is 14.8 Å². The second kappa shape index (κ2) is 8.47. The zero-order valence-corrected chi connectivity index (χ0v) is 16.1. The first-order chi connectivity index (χ1) is 13.6. The molecule has 0 aromatic heterocycles. The lowest BCUT2D eigenvalue weighted by molar-refractivity contribution is -0.127. The van der Waals surface area contributed by atoms with Crippen molar-refractivity contribution in [3.05, 3.63) is 64.4 Å². The monoisotopic (exact) mass is 404 g/mol. The summed E-state index contributed by atoms with van der Waals surface area (Å²) in [5, 5.41) is 3.64. The van der Waals surface area contributed by atoms with E-state index in [0.29, 0.717) is 37.0 Å². The number of carbonyl (C=O) groups is 1. The Morgan fingerprint density at radius 1 is 1.21 bits per heavy atom. The highest BCUT2D eigenvalue weighted by Crippen LogP contribution is 2.31. The van der Waals surface area contributed by atoms with E-state index in [1.807, 2.05) is 6.07 Å². The summed E-state index contributed by atoms with van der Waals surface area (Å²) in [5.74, 6) is 0.268. The minimum atomic E-state index is -0.563. The Labute approximate surface area is 168 Å². The van der Waals surface area contributed by atoms with E-state index in [2.05, 4.69) is 10.2 Å². The lowest BCUT2D eigenvalue weighted by Crippen LogP contribution is -2.46. The van der Waals surface area contributed by atoms with Crippen LogP contribution in [0.1, 0.15) is 17.2 Å². The molecule has 1 saturated heterocycles. The maximum atomic E-state index is 13.3. The number of ether oxygens (including phenoxy) is 2. The molecule has 2 aromatic rings. The van der Waals surface area contributed by atoms with Gasteiger partial charge in [0.15, 0.2) is 6.10 Å². The van der Waals surface area contributed by atoms with Crippen molar-refractivity contribution < 1.29 is 18.7 Å². The van der Waals surface area contributed by atoms with E-state index in [0.717, 1.165) is 24.2 Å². The Kier molecular flexibility index (Phi) is 5.80. The van der Waals surface area contributed by atoms with Gasteiger partial charge in [0.1, 0.15) is 11.6 Å². The summed E-state index contributed by atoms with van der Waals surface area (Å²) in [6, 6.07) is 11.8. The molecule has 0 spiro atoms. The van der Waals surface area contributed by atoms with Crippen LogP contribution < -0.4 is 10.1 Å². The molecule has 28 heavy (non-hydrogen) atoms. The quantitative estimate of drug-likeness (QED) is 0.832. The minimum absolute atomic E-state index is 0.0494. The second-order valence-electron chi connectivity index (χ2n) is 7.02. The first-order valence-electron chi connectivity index (χ1n) is 9.40. The van der Waals surface area contributed by atoms with E-state index in [4.69, 9.17) is 21.1 Å². The standard InChI is InChI=1S/C21H22ClFN2O3/c22-16-3-6-19-15(11-16)12-20(28-19)21(26)24-13-18(25-7-9-27-10-8-25)14-1-4-17(23)5-2-14/h1-6,11,18,20H,7-10,12-13H2,(H,24,26). The normalized spacial score (nSPS) is 20.3. The van der Waals surface area contributed by atoms with Crippen molar-refractivity contribution in [1.82, 2.24) is 10.2 Å². The topological polar surface area (TPSA) is 50.8 Å². The van der Waals surface area contributed by atoms with E-state index in [1.54, 1.807) is 24.3 Å². The van der Waals surface area contributed by atoms with Crippen LogP contribution in [0.2, 0.25) is 5.02 Å². The number of nitrogens with one attached hydrogen (secondary N) is 1. The molecule has 7 heteroatoms. The molecule has 5 nitrogen and oxygen atoms in total. The van der Waals surface area contributed by atoms with Crippen LogP contribution in [0.5, 0.6) is 5.75 Å². The molecule has 0 radical (unpaired) electrons. The van der Waals surface area contributed by atoms with Gasteiger partial charge in [0.2, 0.25) is 0 Å². The number of benzene rings is 2. The molecule has 148 valence electrons. The maximum absolute atomic E-state index is 13.3. The highest BCUT2D eigenvalue weighted by atomic mass is 35.5. The predicted octanol–water partition coefficient (Wildman–Crippen LogP) is 2.97. The second-order valence-corrected chi connectivity index (χ2v) is 7.46. The third kappa shape index (κ3) is 4.29. The number of morpholine rings is 1. The van der Waals surface area contributed by atoms with Crippen molar-refractivity contribution in [2.24, 2.45) is 0 Å². The molecule has 2 aromatic carbocycles. The van der Waals surface area contributed by atoms with Crippen molar-refractivity contribution in [3.8, 4) is 5.75 Å². The van der Waals surface area contributed by atoms with Crippen LogP contribution in [-0.4, -0.2) is 49.8 Å².